The number of nitrogens with zero attached hydrogens (tertiary/aromatic N) is 2. The van der Waals surface area contributed by atoms with Crippen molar-refractivity contribution in [3.8, 4) is 0 Å². The third-order valence-electron chi connectivity index (χ3n) is 3.03. The van der Waals surface area contributed by atoms with E-state index in [1.165, 1.54) is 0 Å². The van der Waals surface area contributed by atoms with Crippen molar-refractivity contribution in [2.24, 2.45) is 0 Å². The maximum Gasteiger partial charge on any atom is 0.334 e. The van der Waals surface area contributed by atoms with Crippen LogP contribution in [0.1, 0.15) is 13.8 Å². The lowest BCUT2D eigenvalue weighted by atomic mass is 10.3. The molecular formula is C14H14BrN3O4. The molecule has 0 bridgehead atoms. The van der Waals surface area contributed by atoms with Gasteiger partial charge in [0.1, 0.15) is 6.54 Å². The lowest BCUT2D eigenvalue weighted by Gasteiger charge is -2.18. The minimum atomic E-state index is -0.982. The first kappa shape index (κ1) is 16.2. The number of imide groups is 2. The Bertz CT molecular complexity index is 642. The summed E-state index contributed by atoms with van der Waals surface area (Å²) < 4.78 is 0.855. The van der Waals surface area contributed by atoms with Gasteiger partial charge in [0.2, 0.25) is 5.91 Å². The second kappa shape index (κ2) is 6.27. The van der Waals surface area contributed by atoms with Gasteiger partial charge in [-0.1, -0.05) is 15.9 Å². The minimum Gasteiger partial charge on any atom is -0.325 e. The maximum atomic E-state index is 12.0. The molecule has 1 heterocycles. The predicted octanol–water partition coefficient (Wildman–Crippen LogP) is 1.59. The fraction of sp³-hybridized carbons (Fsp3) is 0.286. The first-order chi connectivity index (χ1) is 10.3. The van der Waals surface area contributed by atoms with Crippen LogP contribution in [0.15, 0.2) is 28.7 Å². The van der Waals surface area contributed by atoms with E-state index in [4.69, 9.17) is 0 Å². The summed E-state index contributed by atoms with van der Waals surface area (Å²) in [6, 6.07) is 5.61. The molecule has 0 radical (unpaired) electrons. The Morgan fingerprint density at radius 3 is 2.23 bits per heavy atom. The number of nitrogens with one attached hydrogen (secondary N) is 1. The fourth-order valence-corrected chi connectivity index (χ4v) is 2.26. The normalized spacial score (nSPS) is 15.0. The van der Waals surface area contributed by atoms with Crippen molar-refractivity contribution in [2.75, 3.05) is 11.9 Å². The predicted molar refractivity (Wildman–Crippen MR) is 81.9 cm³/mol. The Kier molecular flexibility index (Phi) is 4.60. The van der Waals surface area contributed by atoms with E-state index in [2.05, 4.69) is 21.2 Å². The average molecular weight is 368 g/mol. The van der Waals surface area contributed by atoms with Crippen LogP contribution in [0, 0.1) is 0 Å². The molecule has 22 heavy (non-hydrogen) atoms. The second-order valence-electron chi connectivity index (χ2n) is 5.00. The van der Waals surface area contributed by atoms with E-state index in [9.17, 15) is 19.2 Å². The molecule has 116 valence electrons. The molecule has 5 amide bonds. The largest absolute Gasteiger partial charge is 0.334 e. The standard InChI is InChI=1S/C14H14BrN3O4/c1-8(2)18-13(21)12(20)17(14(18)22)7-11(19)16-10-5-3-9(15)4-6-10/h3-6,8H,7H2,1-2H3,(H,16,19). The third kappa shape index (κ3) is 3.16. The van der Waals surface area contributed by atoms with Gasteiger partial charge in [-0.15, -0.1) is 0 Å². The van der Waals surface area contributed by atoms with Crippen molar-refractivity contribution >= 4 is 45.4 Å². The zero-order valence-corrected chi connectivity index (χ0v) is 13.6. The summed E-state index contributed by atoms with van der Waals surface area (Å²) in [5.74, 6) is -2.44. The molecule has 0 spiro atoms. The third-order valence-corrected chi connectivity index (χ3v) is 3.56. The van der Waals surface area contributed by atoms with Gasteiger partial charge in [0, 0.05) is 16.2 Å². The Labute approximate surface area is 135 Å². The Hall–Kier alpha value is -2.22. The van der Waals surface area contributed by atoms with Crippen molar-refractivity contribution in [3.05, 3.63) is 28.7 Å². The highest BCUT2D eigenvalue weighted by atomic mass is 79.9. The van der Waals surface area contributed by atoms with Gasteiger partial charge < -0.3 is 5.32 Å². The second-order valence-corrected chi connectivity index (χ2v) is 5.91. The zero-order valence-electron chi connectivity index (χ0n) is 12.0. The Balaban J connectivity index is 2.05. The first-order valence-corrected chi connectivity index (χ1v) is 7.35. The van der Waals surface area contributed by atoms with Gasteiger partial charge in [-0.05, 0) is 38.1 Å². The van der Waals surface area contributed by atoms with E-state index >= 15 is 0 Å². The highest BCUT2D eigenvalue weighted by Crippen LogP contribution is 2.16. The molecule has 0 aliphatic carbocycles. The Morgan fingerprint density at radius 1 is 1.14 bits per heavy atom. The molecule has 1 aromatic rings. The van der Waals surface area contributed by atoms with E-state index in [1.54, 1.807) is 38.1 Å². The molecule has 1 saturated heterocycles. The molecule has 0 saturated carbocycles. The van der Waals surface area contributed by atoms with E-state index < -0.39 is 36.3 Å². The number of urea groups is 1. The van der Waals surface area contributed by atoms with Crippen LogP contribution < -0.4 is 5.32 Å². The molecule has 1 aromatic carbocycles. The monoisotopic (exact) mass is 367 g/mol. The fourth-order valence-electron chi connectivity index (χ4n) is 1.99. The number of hydrogen-bond acceptors (Lipinski definition) is 4. The summed E-state index contributed by atoms with van der Waals surface area (Å²) in [4.78, 5) is 49.0. The summed E-state index contributed by atoms with van der Waals surface area (Å²) in [5.41, 5.74) is 0.527. The van der Waals surface area contributed by atoms with Crippen LogP contribution in [0.4, 0.5) is 10.5 Å². The molecular weight excluding hydrogens is 354 g/mol. The Morgan fingerprint density at radius 2 is 1.73 bits per heavy atom. The molecule has 1 N–H and O–H groups in total. The van der Waals surface area contributed by atoms with Crippen LogP contribution in [-0.2, 0) is 14.4 Å². The molecule has 7 nitrogen and oxygen atoms in total. The molecule has 0 unspecified atom stereocenters. The highest BCUT2D eigenvalue weighted by Gasteiger charge is 2.46. The first-order valence-electron chi connectivity index (χ1n) is 6.55. The number of benzene rings is 1. The van der Waals surface area contributed by atoms with Crippen LogP contribution in [0.3, 0.4) is 0 Å². The summed E-state index contributed by atoms with van der Waals surface area (Å²) in [7, 11) is 0. The van der Waals surface area contributed by atoms with Gasteiger partial charge >= 0.3 is 17.8 Å². The molecule has 8 heteroatoms. The number of rotatable bonds is 4. The van der Waals surface area contributed by atoms with Crippen molar-refractivity contribution < 1.29 is 19.2 Å². The van der Waals surface area contributed by atoms with E-state index in [-0.39, 0.29) is 0 Å². The van der Waals surface area contributed by atoms with Crippen molar-refractivity contribution in [2.45, 2.75) is 19.9 Å². The highest BCUT2D eigenvalue weighted by molar-refractivity contribution is 9.10. The van der Waals surface area contributed by atoms with Crippen molar-refractivity contribution in [3.63, 3.8) is 0 Å². The molecule has 1 aliphatic heterocycles. The summed E-state index contributed by atoms with van der Waals surface area (Å²) in [6.07, 6.45) is 0. The summed E-state index contributed by atoms with van der Waals surface area (Å²) in [6.45, 7) is 2.74. The molecule has 0 aromatic heterocycles. The smallest absolute Gasteiger partial charge is 0.325 e. The topological polar surface area (TPSA) is 86.8 Å². The van der Waals surface area contributed by atoms with Crippen LogP contribution in [-0.4, -0.2) is 46.1 Å². The molecule has 1 fully saturated rings. The van der Waals surface area contributed by atoms with Crippen LogP contribution >= 0.6 is 15.9 Å². The minimum absolute atomic E-state index is 0.441. The maximum absolute atomic E-state index is 12.0. The van der Waals surface area contributed by atoms with Crippen molar-refractivity contribution in [1.29, 1.82) is 0 Å². The number of carbonyl (C=O) groups is 4. The van der Waals surface area contributed by atoms with Crippen molar-refractivity contribution in [1.82, 2.24) is 9.80 Å². The van der Waals surface area contributed by atoms with E-state index in [1.807, 2.05) is 0 Å². The molecule has 0 atom stereocenters. The van der Waals surface area contributed by atoms with E-state index in [0.29, 0.717) is 10.6 Å². The molecule has 2 rings (SSSR count). The number of hydrogen-bond donors (Lipinski definition) is 1. The lowest BCUT2D eigenvalue weighted by molar-refractivity contribution is -0.144. The van der Waals surface area contributed by atoms with Crippen LogP contribution in [0.2, 0.25) is 0 Å². The van der Waals surface area contributed by atoms with Gasteiger partial charge in [-0.25, -0.2) is 9.69 Å². The van der Waals surface area contributed by atoms with Crippen LogP contribution in [0.25, 0.3) is 0 Å². The van der Waals surface area contributed by atoms with E-state index in [0.717, 1.165) is 9.37 Å². The molecule has 1 aliphatic rings. The SMILES string of the molecule is CC(C)N1C(=O)C(=O)N(CC(=O)Nc2ccc(Br)cc2)C1=O. The van der Waals surface area contributed by atoms with Gasteiger partial charge in [-0.2, -0.15) is 0 Å². The zero-order chi connectivity index (χ0) is 16.4. The van der Waals surface area contributed by atoms with Gasteiger partial charge in [0.05, 0.1) is 0 Å². The number of anilines is 1. The number of halogens is 1. The summed E-state index contributed by atoms with van der Waals surface area (Å²) in [5, 5.41) is 2.56. The lowest BCUT2D eigenvalue weighted by Crippen LogP contribution is -2.40. The quantitative estimate of drug-likeness (QED) is 0.646. The van der Waals surface area contributed by atoms with Crippen LogP contribution in [0.5, 0.6) is 0 Å². The van der Waals surface area contributed by atoms with Gasteiger partial charge in [0.15, 0.2) is 0 Å². The average Bonchev–Trinajstić information content (AvgIpc) is 2.65. The number of amides is 5. The summed E-state index contributed by atoms with van der Waals surface area (Å²) >= 11 is 3.27. The van der Waals surface area contributed by atoms with Gasteiger partial charge in [0.25, 0.3) is 0 Å². The number of carbonyl (C=O) groups excluding carboxylic acids is 4. The van der Waals surface area contributed by atoms with Gasteiger partial charge in [-0.3, -0.25) is 19.3 Å².